The first-order valence-electron chi connectivity index (χ1n) is 9.26. The van der Waals surface area contributed by atoms with Gasteiger partial charge in [0, 0.05) is 38.0 Å². The Morgan fingerprint density at radius 3 is 2.54 bits per heavy atom. The summed E-state index contributed by atoms with van der Waals surface area (Å²) in [5.74, 6) is -2.08. The van der Waals surface area contributed by atoms with Crippen LogP contribution in [0.5, 0.6) is 0 Å². The van der Waals surface area contributed by atoms with Crippen LogP contribution >= 0.6 is 0 Å². The Morgan fingerprint density at radius 1 is 1.14 bits per heavy atom. The number of alkyl halides is 1. The van der Waals surface area contributed by atoms with Gasteiger partial charge in [0.15, 0.2) is 0 Å². The fraction of sp³-hybridized carbons (Fsp3) is 0.474. The van der Waals surface area contributed by atoms with E-state index in [0.717, 1.165) is 10.5 Å². The van der Waals surface area contributed by atoms with Gasteiger partial charge in [0.05, 0.1) is 17.8 Å². The predicted octanol–water partition coefficient (Wildman–Crippen LogP) is -0.263. The van der Waals surface area contributed by atoms with E-state index in [1.54, 1.807) is 18.2 Å². The minimum Gasteiger partial charge on any atom is -0.315 e. The molecule has 4 amide bonds. The third-order valence-electron chi connectivity index (χ3n) is 5.62. The molecule has 2 fully saturated rings. The highest BCUT2D eigenvalue weighted by Gasteiger charge is 2.44. The maximum absolute atomic E-state index is 13.1. The van der Waals surface area contributed by atoms with Gasteiger partial charge in [-0.1, -0.05) is 6.07 Å². The van der Waals surface area contributed by atoms with Crippen molar-refractivity contribution in [2.75, 3.05) is 26.3 Å². The second-order valence-corrected chi connectivity index (χ2v) is 7.67. The maximum Gasteiger partial charge on any atom is 0.262 e. The molecule has 3 N–H and O–H groups in total. The van der Waals surface area contributed by atoms with Gasteiger partial charge in [-0.3, -0.25) is 33.8 Å². The molecule has 0 aliphatic carbocycles. The first-order chi connectivity index (χ1) is 13.4. The molecule has 1 atom stereocenters. The molecule has 0 radical (unpaired) electrons. The van der Waals surface area contributed by atoms with Crippen LogP contribution in [0.3, 0.4) is 0 Å². The average molecular weight is 388 g/mol. The number of nitrogens with one attached hydrogen (secondary N) is 3. The van der Waals surface area contributed by atoms with Gasteiger partial charge >= 0.3 is 0 Å². The van der Waals surface area contributed by atoms with Gasteiger partial charge in [-0.05, 0) is 24.1 Å². The summed E-state index contributed by atoms with van der Waals surface area (Å²) in [4.78, 5) is 49.8. The maximum atomic E-state index is 13.1. The number of amides is 4. The summed E-state index contributed by atoms with van der Waals surface area (Å²) in [6.45, 7) is 1.83. The van der Waals surface area contributed by atoms with E-state index in [2.05, 4.69) is 16.0 Å². The second-order valence-electron chi connectivity index (χ2n) is 7.67. The second kappa shape index (κ2) is 7.06. The van der Waals surface area contributed by atoms with Gasteiger partial charge in [-0.2, -0.15) is 0 Å². The molecule has 28 heavy (non-hydrogen) atoms. The standard InChI is InChI=1S/C19H21FN4O4/c20-7-19(9-22-10-19)8-21-6-11-1-2-12-13(5-11)18(28)24(17(12)27)14-3-4-15(25)23-16(14)26/h1-2,5,14,21-22H,3-4,6-10H2,(H,23,25,26). The molecule has 0 aromatic heterocycles. The molecular weight excluding hydrogens is 367 g/mol. The van der Waals surface area contributed by atoms with Crippen LogP contribution < -0.4 is 16.0 Å². The molecule has 1 aromatic carbocycles. The molecule has 4 rings (SSSR count). The van der Waals surface area contributed by atoms with Crippen LogP contribution in [0, 0.1) is 5.41 Å². The fourth-order valence-electron chi connectivity index (χ4n) is 3.85. The number of halogens is 1. The largest absolute Gasteiger partial charge is 0.315 e. The molecule has 3 aliphatic heterocycles. The lowest BCUT2D eigenvalue weighted by atomic mass is 9.83. The molecule has 1 aromatic rings. The predicted molar refractivity (Wildman–Crippen MR) is 96.1 cm³/mol. The first kappa shape index (κ1) is 18.7. The Hall–Kier alpha value is -2.65. The van der Waals surface area contributed by atoms with Crippen molar-refractivity contribution >= 4 is 23.6 Å². The van der Waals surface area contributed by atoms with Crippen LogP contribution in [0.1, 0.15) is 39.1 Å². The highest BCUT2D eigenvalue weighted by atomic mass is 19.1. The summed E-state index contributed by atoms with van der Waals surface area (Å²) >= 11 is 0. The van der Waals surface area contributed by atoms with E-state index in [9.17, 15) is 23.6 Å². The molecule has 9 heteroatoms. The van der Waals surface area contributed by atoms with Gasteiger partial charge in [-0.25, -0.2) is 0 Å². The van der Waals surface area contributed by atoms with Crippen molar-refractivity contribution in [2.45, 2.75) is 25.4 Å². The highest BCUT2D eigenvalue weighted by molar-refractivity contribution is 6.23. The molecule has 8 nitrogen and oxygen atoms in total. The quantitative estimate of drug-likeness (QED) is 0.580. The normalized spacial score (nSPS) is 23.5. The molecule has 0 bridgehead atoms. The number of nitrogens with zero attached hydrogens (tertiary/aromatic N) is 1. The van der Waals surface area contributed by atoms with Crippen LogP contribution in [0.15, 0.2) is 18.2 Å². The minimum atomic E-state index is -0.970. The zero-order valence-corrected chi connectivity index (χ0v) is 15.2. The Labute approximate surface area is 160 Å². The van der Waals surface area contributed by atoms with Crippen LogP contribution in [-0.2, 0) is 16.1 Å². The molecular formula is C19H21FN4O4. The van der Waals surface area contributed by atoms with Gasteiger partial charge < -0.3 is 10.6 Å². The number of carbonyl (C=O) groups is 4. The summed E-state index contributed by atoms with van der Waals surface area (Å²) in [6, 6.07) is 3.98. The summed E-state index contributed by atoms with van der Waals surface area (Å²) in [5, 5.41) is 8.45. The summed E-state index contributed by atoms with van der Waals surface area (Å²) < 4.78 is 13.1. The van der Waals surface area contributed by atoms with E-state index in [-0.39, 0.29) is 29.4 Å². The lowest BCUT2D eigenvalue weighted by Crippen LogP contribution is -2.59. The van der Waals surface area contributed by atoms with E-state index in [4.69, 9.17) is 0 Å². The number of fused-ring (bicyclic) bond motifs is 1. The molecule has 3 aliphatic rings. The summed E-state index contributed by atoms with van der Waals surface area (Å²) in [5.41, 5.74) is 0.929. The van der Waals surface area contributed by atoms with Gasteiger partial charge in [0.1, 0.15) is 6.04 Å². The average Bonchev–Trinajstić information content (AvgIpc) is 2.88. The summed E-state index contributed by atoms with van der Waals surface area (Å²) in [6.07, 6.45) is 0.216. The van der Waals surface area contributed by atoms with Crippen molar-refractivity contribution in [3.05, 3.63) is 34.9 Å². The van der Waals surface area contributed by atoms with Crippen LogP contribution in [0.25, 0.3) is 0 Å². The Bertz CT molecular complexity index is 862. The Kier molecular flexibility index (Phi) is 4.72. The van der Waals surface area contributed by atoms with Crippen molar-refractivity contribution in [3.63, 3.8) is 0 Å². The topological polar surface area (TPSA) is 108 Å². The number of hydrogen-bond acceptors (Lipinski definition) is 6. The Morgan fingerprint density at radius 2 is 1.89 bits per heavy atom. The van der Waals surface area contributed by atoms with Crippen molar-refractivity contribution < 1.29 is 23.6 Å². The first-order valence-corrected chi connectivity index (χ1v) is 9.26. The van der Waals surface area contributed by atoms with E-state index >= 15 is 0 Å². The molecule has 1 unspecified atom stereocenters. The van der Waals surface area contributed by atoms with E-state index in [1.165, 1.54) is 0 Å². The van der Waals surface area contributed by atoms with Crippen molar-refractivity contribution in [1.82, 2.24) is 20.9 Å². The number of carbonyl (C=O) groups excluding carboxylic acids is 4. The number of piperidine rings is 1. The van der Waals surface area contributed by atoms with Gasteiger partial charge in [0.2, 0.25) is 11.8 Å². The molecule has 0 spiro atoms. The third-order valence-corrected chi connectivity index (χ3v) is 5.62. The lowest BCUT2D eigenvalue weighted by molar-refractivity contribution is -0.136. The van der Waals surface area contributed by atoms with Crippen LogP contribution in [-0.4, -0.2) is 60.9 Å². The third kappa shape index (κ3) is 3.10. The van der Waals surface area contributed by atoms with Gasteiger partial charge in [-0.15, -0.1) is 0 Å². The molecule has 2 saturated heterocycles. The fourth-order valence-corrected chi connectivity index (χ4v) is 3.85. The SMILES string of the molecule is O=C1CCC(N2C(=O)c3ccc(CNCC4(CF)CNC4)cc3C2=O)C(=O)N1. The molecule has 0 saturated carbocycles. The lowest BCUT2D eigenvalue weighted by Gasteiger charge is -2.40. The van der Waals surface area contributed by atoms with Crippen molar-refractivity contribution in [2.24, 2.45) is 5.41 Å². The number of rotatable bonds is 6. The monoisotopic (exact) mass is 388 g/mol. The van der Waals surface area contributed by atoms with Crippen molar-refractivity contribution in [3.8, 4) is 0 Å². The molecule has 3 heterocycles. The number of benzene rings is 1. The number of hydrogen-bond donors (Lipinski definition) is 3. The number of imide groups is 2. The highest BCUT2D eigenvalue weighted by Crippen LogP contribution is 2.28. The Balaban J connectivity index is 1.46. The summed E-state index contributed by atoms with van der Waals surface area (Å²) in [7, 11) is 0. The van der Waals surface area contributed by atoms with E-state index in [1.807, 2.05) is 0 Å². The molecule has 148 valence electrons. The van der Waals surface area contributed by atoms with E-state index in [0.29, 0.717) is 26.2 Å². The van der Waals surface area contributed by atoms with Crippen LogP contribution in [0.4, 0.5) is 4.39 Å². The zero-order valence-electron chi connectivity index (χ0n) is 15.2. The van der Waals surface area contributed by atoms with E-state index < -0.39 is 36.3 Å². The zero-order chi connectivity index (χ0) is 19.9. The van der Waals surface area contributed by atoms with Crippen molar-refractivity contribution in [1.29, 1.82) is 0 Å². The van der Waals surface area contributed by atoms with Gasteiger partial charge in [0.25, 0.3) is 11.8 Å². The van der Waals surface area contributed by atoms with Crippen LogP contribution in [0.2, 0.25) is 0 Å². The smallest absolute Gasteiger partial charge is 0.262 e. The minimum absolute atomic E-state index is 0.0875.